The minimum Gasteiger partial charge on any atom is -0.355 e. The molecule has 0 radical (unpaired) electrons. The number of allylic oxidation sites excluding steroid dienone is 1. The largest absolute Gasteiger partial charge is 0.355 e. The van der Waals surface area contributed by atoms with Crippen molar-refractivity contribution in [2.75, 3.05) is 0 Å². The molecule has 0 N–H and O–H groups in total. The van der Waals surface area contributed by atoms with Crippen molar-refractivity contribution in [1.29, 1.82) is 5.26 Å². The fourth-order valence-corrected chi connectivity index (χ4v) is 4.24. The van der Waals surface area contributed by atoms with Gasteiger partial charge in [-0.15, -0.1) is 11.3 Å². The molecule has 4 nitrogen and oxygen atoms in total. The van der Waals surface area contributed by atoms with Gasteiger partial charge in [-0.05, 0) is 72.3 Å². The van der Waals surface area contributed by atoms with E-state index in [0.717, 1.165) is 27.6 Å². The summed E-state index contributed by atoms with van der Waals surface area (Å²) in [6.45, 7) is 0. The lowest BCUT2D eigenvalue weighted by molar-refractivity contribution is 0.441. The van der Waals surface area contributed by atoms with Gasteiger partial charge in [0.1, 0.15) is 22.4 Å². The van der Waals surface area contributed by atoms with Gasteiger partial charge in [-0.1, -0.05) is 22.8 Å². The van der Waals surface area contributed by atoms with Crippen molar-refractivity contribution in [3.05, 3.63) is 93.5 Å². The zero-order valence-electron chi connectivity index (χ0n) is 16.4. The number of nitrogens with zero attached hydrogens (tertiary/aromatic N) is 3. The van der Waals surface area contributed by atoms with Gasteiger partial charge in [0.2, 0.25) is 0 Å². The number of nitriles is 1. The summed E-state index contributed by atoms with van der Waals surface area (Å²) >= 11 is 7.36. The van der Waals surface area contributed by atoms with E-state index in [4.69, 9.17) is 16.1 Å². The van der Waals surface area contributed by atoms with Crippen LogP contribution in [0.15, 0.2) is 76.6 Å². The number of benzene rings is 3. The van der Waals surface area contributed by atoms with Gasteiger partial charge in [-0.3, -0.25) is 0 Å². The zero-order valence-corrected chi connectivity index (χ0v) is 18.0. The second-order valence-corrected chi connectivity index (χ2v) is 8.30. The van der Waals surface area contributed by atoms with E-state index in [2.05, 4.69) is 16.2 Å². The Kier molecular flexibility index (Phi) is 5.28. The van der Waals surface area contributed by atoms with E-state index in [-0.39, 0.29) is 5.82 Å². The summed E-state index contributed by atoms with van der Waals surface area (Å²) in [6.07, 6.45) is 1.78. The van der Waals surface area contributed by atoms with Gasteiger partial charge in [0.25, 0.3) is 0 Å². The lowest BCUT2D eigenvalue weighted by Crippen LogP contribution is -1.84. The average Bonchev–Trinajstić information content (AvgIpc) is 3.46. The molecule has 2 aromatic heterocycles. The Bertz CT molecular complexity index is 1500. The number of halogens is 2. The summed E-state index contributed by atoms with van der Waals surface area (Å²) in [7, 11) is 0. The predicted molar refractivity (Wildman–Crippen MR) is 125 cm³/mol. The first-order valence-electron chi connectivity index (χ1n) is 9.60. The Morgan fingerprint density at radius 3 is 2.53 bits per heavy atom. The van der Waals surface area contributed by atoms with Crippen molar-refractivity contribution in [1.82, 2.24) is 10.1 Å². The van der Waals surface area contributed by atoms with Crippen LogP contribution in [0.25, 0.3) is 45.1 Å². The molecule has 0 atom stereocenters. The van der Waals surface area contributed by atoms with Gasteiger partial charge in [-0.2, -0.15) is 5.26 Å². The monoisotopic (exact) mass is 457 g/mol. The van der Waals surface area contributed by atoms with Crippen molar-refractivity contribution < 1.29 is 8.91 Å². The average molecular weight is 458 g/mol. The fourth-order valence-electron chi connectivity index (χ4n) is 3.32. The highest BCUT2D eigenvalue weighted by molar-refractivity contribution is 7.11. The van der Waals surface area contributed by atoms with Gasteiger partial charge in [0.15, 0.2) is 5.76 Å². The number of hydrogen-bond acceptors (Lipinski definition) is 5. The summed E-state index contributed by atoms with van der Waals surface area (Å²) < 4.78 is 18.7. The first-order chi connectivity index (χ1) is 15.6. The summed E-state index contributed by atoms with van der Waals surface area (Å²) in [5, 5.41) is 17.8. The fraction of sp³-hybridized carbons (Fsp3) is 0. The van der Waals surface area contributed by atoms with Gasteiger partial charge < -0.3 is 4.52 Å². The molecule has 0 unspecified atom stereocenters. The highest BCUT2D eigenvalue weighted by Crippen LogP contribution is 2.32. The lowest BCUT2D eigenvalue weighted by atomic mass is 10.0. The number of rotatable bonds is 4. The third-order valence-corrected chi connectivity index (χ3v) is 6.04. The highest BCUT2D eigenvalue weighted by atomic mass is 35.5. The zero-order chi connectivity index (χ0) is 22.1. The Labute approximate surface area is 191 Å². The lowest BCUT2D eigenvalue weighted by Gasteiger charge is -1.99. The topological polar surface area (TPSA) is 62.7 Å². The Morgan fingerprint density at radius 1 is 1.03 bits per heavy atom. The third kappa shape index (κ3) is 3.92. The predicted octanol–water partition coefficient (Wildman–Crippen LogP) is 7.47. The van der Waals surface area contributed by atoms with Crippen LogP contribution in [0.4, 0.5) is 4.39 Å². The maximum Gasteiger partial charge on any atom is 0.174 e. The molecular weight excluding hydrogens is 445 g/mol. The van der Waals surface area contributed by atoms with Gasteiger partial charge in [0, 0.05) is 21.5 Å². The van der Waals surface area contributed by atoms with Crippen LogP contribution in [0.5, 0.6) is 0 Å². The van der Waals surface area contributed by atoms with Crippen LogP contribution in [-0.4, -0.2) is 10.1 Å². The minimum atomic E-state index is -0.302. The van der Waals surface area contributed by atoms with E-state index < -0.39 is 0 Å². The van der Waals surface area contributed by atoms with Crippen LogP contribution in [0.2, 0.25) is 5.02 Å². The van der Waals surface area contributed by atoms with Crippen LogP contribution < -0.4 is 0 Å². The molecule has 32 heavy (non-hydrogen) atoms. The third-order valence-electron chi connectivity index (χ3n) is 4.91. The van der Waals surface area contributed by atoms with E-state index >= 15 is 0 Å². The molecule has 3 aromatic carbocycles. The molecule has 5 rings (SSSR count). The minimum absolute atomic E-state index is 0.302. The molecule has 2 heterocycles. The van der Waals surface area contributed by atoms with Crippen molar-refractivity contribution in [2.45, 2.75) is 0 Å². The quantitative estimate of drug-likeness (QED) is 0.262. The molecule has 0 aliphatic heterocycles. The molecule has 0 saturated heterocycles. The standard InChI is InChI=1S/C25H13ClFN3OS/c26-19-6-2-17(3-7-19)24-21-12-15(1-10-22(21)30-31-24)11-18(13-28)25-29-23(14-32-25)16-4-8-20(27)9-5-16/h1-12,14H/b18-11+. The molecule has 0 saturated carbocycles. The number of hydrogen-bond donors (Lipinski definition) is 0. The molecular formula is C25H13ClFN3OS. The molecule has 0 aliphatic carbocycles. The van der Waals surface area contributed by atoms with Crippen LogP contribution in [0, 0.1) is 17.1 Å². The van der Waals surface area contributed by atoms with E-state index in [1.54, 1.807) is 30.3 Å². The summed E-state index contributed by atoms with van der Waals surface area (Å²) in [5.74, 6) is 0.335. The van der Waals surface area contributed by atoms with Crippen molar-refractivity contribution in [3.8, 4) is 28.7 Å². The van der Waals surface area contributed by atoms with Gasteiger partial charge >= 0.3 is 0 Å². The highest BCUT2D eigenvalue weighted by Gasteiger charge is 2.13. The number of aromatic nitrogens is 2. The van der Waals surface area contributed by atoms with Crippen molar-refractivity contribution >= 4 is 45.5 Å². The summed E-state index contributed by atoms with van der Waals surface area (Å²) in [5.41, 5.74) is 4.34. The Morgan fingerprint density at radius 2 is 1.78 bits per heavy atom. The molecule has 0 aliphatic rings. The second kappa shape index (κ2) is 8.39. The first-order valence-corrected chi connectivity index (χ1v) is 10.9. The second-order valence-electron chi connectivity index (χ2n) is 7.01. The van der Waals surface area contributed by atoms with Crippen molar-refractivity contribution in [2.24, 2.45) is 0 Å². The van der Waals surface area contributed by atoms with E-state index in [1.807, 2.05) is 35.7 Å². The van der Waals surface area contributed by atoms with Crippen molar-refractivity contribution in [3.63, 3.8) is 0 Å². The maximum atomic E-state index is 13.2. The number of thiazole rings is 1. The Hall–Kier alpha value is -3.79. The summed E-state index contributed by atoms with van der Waals surface area (Å²) in [4.78, 5) is 4.57. The number of fused-ring (bicyclic) bond motifs is 1. The molecule has 0 spiro atoms. The Balaban J connectivity index is 1.51. The smallest absolute Gasteiger partial charge is 0.174 e. The first kappa shape index (κ1) is 20.1. The van der Waals surface area contributed by atoms with Crippen LogP contribution in [-0.2, 0) is 0 Å². The SMILES string of the molecule is N#C/C(=C\c1ccc2noc(-c3ccc(Cl)cc3)c2c1)c1nc(-c2ccc(F)cc2)cs1. The van der Waals surface area contributed by atoms with Crippen LogP contribution in [0.3, 0.4) is 0 Å². The summed E-state index contributed by atoms with van der Waals surface area (Å²) in [6, 6.07) is 21.3. The normalized spacial score (nSPS) is 11.6. The van der Waals surface area contributed by atoms with Crippen LogP contribution >= 0.6 is 22.9 Å². The van der Waals surface area contributed by atoms with E-state index in [9.17, 15) is 9.65 Å². The molecule has 5 aromatic rings. The maximum absolute atomic E-state index is 13.2. The van der Waals surface area contributed by atoms with Gasteiger partial charge in [-0.25, -0.2) is 9.37 Å². The van der Waals surface area contributed by atoms with Crippen LogP contribution in [0.1, 0.15) is 10.6 Å². The van der Waals surface area contributed by atoms with E-state index in [1.165, 1.54) is 23.5 Å². The molecule has 154 valence electrons. The molecule has 7 heteroatoms. The van der Waals surface area contributed by atoms with E-state index in [0.29, 0.717) is 27.1 Å². The molecule has 0 bridgehead atoms. The molecule has 0 fully saturated rings. The van der Waals surface area contributed by atoms with Gasteiger partial charge in [0.05, 0.1) is 16.7 Å². The molecule has 0 amide bonds.